The molecule has 1 aromatic rings. The molecule has 0 aromatic heterocycles. The van der Waals surface area contributed by atoms with E-state index in [-0.39, 0.29) is 10.6 Å². The van der Waals surface area contributed by atoms with Crippen LogP contribution in [0.1, 0.15) is 24.8 Å². The maximum Gasteiger partial charge on any atom is 0.269 e. The van der Waals surface area contributed by atoms with Crippen molar-refractivity contribution in [1.82, 2.24) is 0 Å². The van der Waals surface area contributed by atoms with Crippen LogP contribution in [0.3, 0.4) is 0 Å². The highest BCUT2D eigenvalue weighted by Gasteiger charge is 2.12. The topological polar surface area (TPSA) is 55.2 Å². The van der Waals surface area contributed by atoms with Crippen molar-refractivity contribution >= 4 is 11.4 Å². The van der Waals surface area contributed by atoms with Crippen LogP contribution < -0.4 is 5.32 Å². The van der Waals surface area contributed by atoms with Gasteiger partial charge in [0, 0.05) is 23.9 Å². The average Bonchev–Trinajstić information content (AvgIpc) is 2.33. The molecule has 0 saturated heterocycles. The third kappa shape index (κ3) is 2.84. The lowest BCUT2D eigenvalue weighted by Gasteiger charge is -2.21. The number of aryl methyl sites for hydroxylation is 1. The molecule has 0 saturated carbocycles. The summed E-state index contributed by atoms with van der Waals surface area (Å²) in [6.07, 6.45) is 7.62. The van der Waals surface area contributed by atoms with Crippen molar-refractivity contribution in [1.29, 1.82) is 0 Å². The van der Waals surface area contributed by atoms with E-state index in [1.807, 2.05) is 6.92 Å². The molecule has 1 atom stereocenters. The first-order chi connectivity index (χ1) is 8.16. The zero-order chi connectivity index (χ0) is 12.3. The van der Waals surface area contributed by atoms with E-state index in [1.54, 1.807) is 18.2 Å². The third-order valence-corrected chi connectivity index (χ3v) is 3.05. The number of nitro groups is 1. The Morgan fingerprint density at radius 3 is 2.82 bits per heavy atom. The van der Waals surface area contributed by atoms with E-state index in [0.29, 0.717) is 6.04 Å². The van der Waals surface area contributed by atoms with Crippen LogP contribution in [0.2, 0.25) is 0 Å². The molecule has 1 aliphatic carbocycles. The largest absolute Gasteiger partial charge is 0.382 e. The molecule has 0 spiro atoms. The summed E-state index contributed by atoms with van der Waals surface area (Å²) in [5, 5.41) is 14.1. The fourth-order valence-electron chi connectivity index (χ4n) is 2.07. The quantitative estimate of drug-likeness (QED) is 0.493. The minimum Gasteiger partial charge on any atom is -0.382 e. The molecule has 0 bridgehead atoms. The van der Waals surface area contributed by atoms with Crippen LogP contribution in [-0.2, 0) is 0 Å². The number of rotatable bonds is 3. The Labute approximate surface area is 100 Å². The van der Waals surface area contributed by atoms with Gasteiger partial charge in [0.05, 0.1) is 4.92 Å². The molecule has 0 radical (unpaired) electrons. The molecule has 0 amide bonds. The summed E-state index contributed by atoms with van der Waals surface area (Å²) in [5.41, 5.74) is 2.07. The minimum atomic E-state index is -0.361. The van der Waals surface area contributed by atoms with E-state index in [1.165, 1.54) is 0 Å². The van der Waals surface area contributed by atoms with Gasteiger partial charge in [-0.2, -0.15) is 0 Å². The Morgan fingerprint density at radius 1 is 1.41 bits per heavy atom. The molecule has 0 heterocycles. The van der Waals surface area contributed by atoms with E-state index in [9.17, 15) is 10.1 Å². The molecule has 1 aromatic carbocycles. The van der Waals surface area contributed by atoms with Gasteiger partial charge in [-0.3, -0.25) is 10.1 Å². The SMILES string of the molecule is Cc1cc([N+](=O)[O-])ccc1NC1CC=CCC1. The van der Waals surface area contributed by atoms with Gasteiger partial charge in [-0.05, 0) is 37.8 Å². The van der Waals surface area contributed by atoms with Gasteiger partial charge in [0.1, 0.15) is 0 Å². The summed E-state index contributed by atoms with van der Waals surface area (Å²) in [6.45, 7) is 1.90. The predicted molar refractivity (Wildman–Crippen MR) is 68.2 cm³/mol. The Morgan fingerprint density at radius 2 is 2.24 bits per heavy atom. The first-order valence-corrected chi connectivity index (χ1v) is 5.83. The van der Waals surface area contributed by atoms with Crippen LogP contribution in [0.15, 0.2) is 30.4 Å². The number of nitrogens with one attached hydrogen (secondary N) is 1. The summed E-state index contributed by atoms with van der Waals surface area (Å²) >= 11 is 0. The molecule has 0 aliphatic heterocycles. The van der Waals surface area contributed by atoms with E-state index in [0.717, 1.165) is 30.5 Å². The van der Waals surface area contributed by atoms with Crippen molar-refractivity contribution < 1.29 is 4.92 Å². The lowest BCUT2D eigenvalue weighted by atomic mass is 10.0. The van der Waals surface area contributed by atoms with Crippen molar-refractivity contribution in [3.05, 3.63) is 46.0 Å². The molecule has 4 heteroatoms. The summed E-state index contributed by atoms with van der Waals surface area (Å²) in [6, 6.07) is 5.40. The summed E-state index contributed by atoms with van der Waals surface area (Å²) < 4.78 is 0. The van der Waals surface area contributed by atoms with Crippen LogP contribution in [0.25, 0.3) is 0 Å². The summed E-state index contributed by atoms with van der Waals surface area (Å²) in [5.74, 6) is 0. The van der Waals surface area contributed by atoms with E-state index in [2.05, 4.69) is 17.5 Å². The van der Waals surface area contributed by atoms with Gasteiger partial charge < -0.3 is 5.32 Å². The Balaban J connectivity index is 2.11. The van der Waals surface area contributed by atoms with E-state index >= 15 is 0 Å². The normalized spacial score (nSPS) is 19.0. The fraction of sp³-hybridized carbons (Fsp3) is 0.385. The van der Waals surface area contributed by atoms with Gasteiger partial charge in [0.15, 0.2) is 0 Å². The van der Waals surface area contributed by atoms with E-state index in [4.69, 9.17) is 0 Å². The number of hydrogen-bond acceptors (Lipinski definition) is 3. The molecular formula is C13H16N2O2. The molecule has 0 fully saturated rings. The number of anilines is 1. The summed E-state index contributed by atoms with van der Waals surface area (Å²) in [4.78, 5) is 10.3. The van der Waals surface area contributed by atoms with Crippen LogP contribution in [0.5, 0.6) is 0 Å². The maximum absolute atomic E-state index is 10.6. The zero-order valence-electron chi connectivity index (χ0n) is 9.85. The van der Waals surface area contributed by atoms with E-state index < -0.39 is 0 Å². The highest BCUT2D eigenvalue weighted by Crippen LogP contribution is 2.24. The maximum atomic E-state index is 10.6. The second-order valence-corrected chi connectivity index (χ2v) is 4.38. The van der Waals surface area contributed by atoms with Gasteiger partial charge in [-0.1, -0.05) is 12.2 Å². The van der Waals surface area contributed by atoms with Crippen molar-refractivity contribution in [3.8, 4) is 0 Å². The number of allylic oxidation sites excluding steroid dienone is 1. The lowest BCUT2D eigenvalue weighted by Crippen LogP contribution is -2.20. The second-order valence-electron chi connectivity index (χ2n) is 4.38. The van der Waals surface area contributed by atoms with Crippen LogP contribution >= 0.6 is 0 Å². The molecule has 90 valence electrons. The molecule has 1 aliphatic rings. The Hall–Kier alpha value is -1.84. The first kappa shape index (κ1) is 11.6. The van der Waals surface area contributed by atoms with Crippen molar-refractivity contribution in [2.45, 2.75) is 32.2 Å². The number of nitro benzene ring substituents is 1. The molecule has 1 unspecified atom stereocenters. The van der Waals surface area contributed by atoms with Crippen LogP contribution in [-0.4, -0.2) is 11.0 Å². The standard InChI is InChI=1S/C13H16N2O2/c1-10-9-12(15(16)17)7-8-13(10)14-11-5-3-2-4-6-11/h2-3,7-9,11,14H,4-6H2,1H3. The van der Waals surface area contributed by atoms with Crippen molar-refractivity contribution in [3.63, 3.8) is 0 Å². The average molecular weight is 232 g/mol. The van der Waals surface area contributed by atoms with Crippen molar-refractivity contribution in [2.75, 3.05) is 5.32 Å². The Kier molecular flexibility index (Phi) is 3.42. The first-order valence-electron chi connectivity index (χ1n) is 5.83. The summed E-state index contributed by atoms with van der Waals surface area (Å²) in [7, 11) is 0. The van der Waals surface area contributed by atoms with Gasteiger partial charge in [0.25, 0.3) is 5.69 Å². The van der Waals surface area contributed by atoms with Gasteiger partial charge in [-0.25, -0.2) is 0 Å². The van der Waals surface area contributed by atoms with Gasteiger partial charge in [-0.15, -0.1) is 0 Å². The number of hydrogen-bond donors (Lipinski definition) is 1. The second kappa shape index (κ2) is 4.99. The third-order valence-electron chi connectivity index (χ3n) is 3.05. The highest BCUT2D eigenvalue weighted by molar-refractivity contribution is 5.56. The van der Waals surface area contributed by atoms with Gasteiger partial charge >= 0.3 is 0 Å². The Bertz CT molecular complexity index is 455. The molecular weight excluding hydrogens is 216 g/mol. The smallest absolute Gasteiger partial charge is 0.269 e. The highest BCUT2D eigenvalue weighted by atomic mass is 16.6. The number of nitrogens with zero attached hydrogens (tertiary/aromatic N) is 1. The number of benzene rings is 1. The molecule has 2 rings (SSSR count). The minimum absolute atomic E-state index is 0.150. The van der Waals surface area contributed by atoms with Crippen LogP contribution in [0, 0.1) is 17.0 Å². The molecule has 17 heavy (non-hydrogen) atoms. The lowest BCUT2D eigenvalue weighted by molar-refractivity contribution is -0.384. The van der Waals surface area contributed by atoms with Crippen molar-refractivity contribution in [2.24, 2.45) is 0 Å². The predicted octanol–water partition coefficient (Wildman–Crippen LogP) is 3.42. The molecule has 4 nitrogen and oxygen atoms in total. The van der Waals surface area contributed by atoms with Gasteiger partial charge in [0.2, 0.25) is 0 Å². The number of non-ortho nitro benzene ring substituents is 1. The molecule has 1 N–H and O–H groups in total. The zero-order valence-corrected chi connectivity index (χ0v) is 9.85. The fourth-order valence-corrected chi connectivity index (χ4v) is 2.07. The van der Waals surface area contributed by atoms with Crippen LogP contribution in [0.4, 0.5) is 11.4 Å². The monoisotopic (exact) mass is 232 g/mol.